The molecule has 1 aliphatic heterocycles. The average molecular weight is 323 g/mol. The van der Waals surface area contributed by atoms with E-state index >= 15 is 0 Å². The molecular formula is C19H21N3O2. The number of nitrogens with zero attached hydrogens (tertiary/aromatic N) is 1. The van der Waals surface area contributed by atoms with E-state index in [0.717, 1.165) is 5.56 Å². The summed E-state index contributed by atoms with van der Waals surface area (Å²) in [6.45, 7) is 2.77. The summed E-state index contributed by atoms with van der Waals surface area (Å²) in [5.74, 6) is -0.468. The van der Waals surface area contributed by atoms with Gasteiger partial charge in [-0.15, -0.1) is 0 Å². The molecule has 124 valence electrons. The molecule has 0 saturated heterocycles. The summed E-state index contributed by atoms with van der Waals surface area (Å²) in [5.41, 5.74) is 8.50. The maximum absolute atomic E-state index is 12.5. The minimum atomic E-state index is -0.313. The molecule has 2 aromatic carbocycles. The van der Waals surface area contributed by atoms with Crippen molar-refractivity contribution < 1.29 is 9.59 Å². The van der Waals surface area contributed by atoms with Crippen molar-refractivity contribution in [3.63, 3.8) is 0 Å². The first-order chi connectivity index (χ1) is 11.6. The maximum Gasteiger partial charge on any atom is 0.256 e. The lowest BCUT2D eigenvalue weighted by Crippen LogP contribution is -2.53. The van der Waals surface area contributed by atoms with Gasteiger partial charge in [0.1, 0.15) is 0 Å². The Labute approximate surface area is 141 Å². The lowest BCUT2D eigenvalue weighted by atomic mass is 9.93. The highest BCUT2D eigenvalue weighted by molar-refractivity contribution is 5.85. The van der Waals surface area contributed by atoms with Crippen molar-refractivity contribution in [3.05, 3.63) is 71.3 Å². The second-order valence-electron chi connectivity index (χ2n) is 6.05. The zero-order chi connectivity index (χ0) is 16.9. The number of hydrogen-bond acceptors (Lipinski definition) is 3. The zero-order valence-electron chi connectivity index (χ0n) is 13.7. The minimum Gasteiger partial charge on any atom is -0.283 e. The second kappa shape index (κ2) is 7.27. The van der Waals surface area contributed by atoms with Gasteiger partial charge in [-0.2, -0.15) is 0 Å². The van der Waals surface area contributed by atoms with Crippen molar-refractivity contribution in [2.45, 2.75) is 32.5 Å². The van der Waals surface area contributed by atoms with Crippen molar-refractivity contribution in [3.8, 4) is 0 Å². The van der Waals surface area contributed by atoms with E-state index in [-0.39, 0.29) is 17.9 Å². The summed E-state index contributed by atoms with van der Waals surface area (Å²) in [6.07, 6.45) is 0.633. The van der Waals surface area contributed by atoms with Crippen LogP contribution in [-0.4, -0.2) is 22.8 Å². The summed E-state index contributed by atoms with van der Waals surface area (Å²) >= 11 is 0. The predicted octanol–water partition coefficient (Wildman–Crippen LogP) is 1.78. The monoisotopic (exact) mass is 323 g/mol. The number of nitrogens with one attached hydrogen (secondary N) is 2. The van der Waals surface area contributed by atoms with Gasteiger partial charge in [0.25, 0.3) is 5.91 Å². The summed E-state index contributed by atoms with van der Waals surface area (Å²) in [5, 5.41) is 0. The Morgan fingerprint density at radius 3 is 2.38 bits per heavy atom. The highest BCUT2D eigenvalue weighted by Gasteiger charge is 2.31. The van der Waals surface area contributed by atoms with Crippen LogP contribution >= 0.6 is 0 Å². The Balaban J connectivity index is 1.81. The van der Waals surface area contributed by atoms with Crippen LogP contribution in [0.4, 0.5) is 0 Å². The fourth-order valence-corrected chi connectivity index (χ4v) is 3.05. The molecule has 2 N–H and O–H groups in total. The lowest BCUT2D eigenvalue weighted by molar-refractivity contribution is -0.132. The third-order valence-corrected chi connectivity index (χ3v) is 4.24. The number of amides is 2. The van der Waals surface area contributed by atoms with Gasteiger partial charge in [-0.25, -0.2) is 0 Å². The predicted molar refractivity (Wildman–Crippen MR) is 91.6 cm³/mol. The van der Waals surface area contributed by atoms with Crippen LogP contribution in [0.5, 0.6) is 0 Å². The fraction of sp³-hybridized carbons (Fsp3) is 0.263. The van der Waals surface area contributed by atoms with E-state index < -0.39 is 0 Å². The number of hydrogen-bond donors (Lipinski definition) is 2. The second-order valence-corrected chi connectivity index (χ2v) is 6.05. The largest absolute Gasteiger partial charge is 0.283 e. The molecule has 0 unspecified atom stereocenters. The Kier molecular flexibility index (Phi) is 4.91. The van der Waals surface area contributed by atoms with Gasteiger partial charge in [0, 0.05) is 20.0 Å². The van der Waals surface area contributed by atoms with Gasteiger partial charge in [0.15, 0.2) is 0 Å². The molecule has 1 atom stereocenters. The van der Waals surface area contributed by atoms with Crippen molar-refractivity contribution in [2.24, 2.45) is 0 Å². The standard InChI is InChI=1S/C19H21N3O2/c1-14(23)20-21-19(24)18-11-16-9-5-6-10-17(16)13-22(18)12-15-7-3-2-4-8-15/h2-10,18H,11-13H2,1H3,(H,20,23)(H,21,24)/t18-/m0/s1. The van der Waals surface area contributed by atoms with Crippen LogP contribution in [0.2, 0.25) is 0 Å². The first kappa shape index (κ1) is 16.2. The Morgan fingerprint density at radius 2 is 1.67 bits per heavy atom. The van der Waals surface area contributed by atoms with Crippen LogP contribution in [0.1, 0.15) is 23.6 Å². The molecule has 2 aromatic rings. The Morgan fingerprint density at radius 1 is 1.00 bits per heavy atom. The number of benzene rings is 2. The molecule has 1 heterocycles. The quantitative estimate of drug-likeness (QED) is 0.847. The number of carbonyl (C=O) groups is 2. The van der Waals surface area contributed by atoms with Gasteiger partial charge in [-0.1, -0.05) is 54.6 Å². The molecule has 0 saturated carbocycles. The van der Waals surface area contributed by atoms with Gasteiger partial charge in [0.05, 0.1) is 6.04 Å². The van der Waals surface area contributed by atoms with E-state index in [1.165, 1.54) is 18.1 Å². The van der Waals surface area contributed by atoms with Gasteiger partial charge < -0.3 is 0 Å². The highest BCUT2D eigenvalue weighted by Crippen LogP contribution is 2.25. The highest BCUT2D eigenvalue weighted by atomic mass is 16.2. The molecule has 0 aromatic heterocycles. The molecule has 5 nitrogen and oxygen atoms in total. The summed E-state index contributed by atoms with van der Waals surface area (Å²) in [6, 6.07) is 18.0. The summed E-state index contributed by atoms with van der Waals surface area (Å²) in [7, 11) is 0. The number of hydrazine groups is 1. The minimum absolute atomic E-state index is 0.185. The van der Waals surface area contributed by atoms with Crippen LogP contribution < -0.4 is 10.9 Å². The van der Waals surface area contributed by atoms with E-state index in [1.807, 2.05) is 30.3 Å². The lowest BCUT2D eigenvalue weighted by Gasteiger charge is -2.36. The SMILES string of the molecule is CC(=O)NNC(=O)[C@@H]1Cc2ccccc2CN1Cc1ccccc1. The molecule has 0 aliphatic carbocycles. The first-order valence-electron chi connectivity index (χ1n) is 8.04. The van der Waals surface area contributed by atoms with Gasteiger partial charge in [-0.3, -0.25) is 25.3 Å². The van der Waals surface area contributed by atoms with Crippen LogP contribution in [0.25, 0.3) is 0 Å². The normalized spacial score (nSPS) is 17.0. The van der Waals surface area contributed by atoms with Gasteiger partial charge in [-0.05, 0) is 23.1 Å². The van der Waals surface area contributed by atoms with E-state index in [9.17, 15) is 9.59 Å². The van der Waals surface area contributed by atoms with Crippen molar-refractivity contribution in [1.82, 2.24) is 15.8 Å². The number of fused-ring (bicyclic) bond motifs is 1. The molecule has 2 amide bonds. The third-order valence-electron chi connectivity index (χ3n) is 4.24. The van der Waals surface area contributed by atoms with Gasteiger partial charge in [0.2, 0.25) is 5.91 Å². The molecule has 0 bridgehead atoms. The molecule has 0 spiro atoms. The fourth-order valence-electron chi connectivity index (χ4n) is 3.05. The summed E-state index contributed by atoms with van der Waals surface area (Å²) < 4.78 is 0. The van der Waals surface area contributed by atoms with E-state index in [1.54, 1.807) is 0 Å². The number of carbonyl (C=O) groups excluding carboxylic acids is 2. The Bertz CT molecular complexity index is 730. The van der Waals surface area contributed by atoms with Crippen molar-refractivity contribution in [2.75, 3.05) is 0 Å². The number of rotatable bonds is 3. The molecule has 3 rings (SSSR count). The van der Waals surface area contributed by atoms with E-state index in [4.69, 9.17) is 0 Å². The zero-order valence-corrected chi connectivity index (χ0v) is 13.7. The molecule has 5 heteroatoms. The molecule has 0 fully saturated rings. The van der Waals surface area contributed by atoms with Crippen LogP contribution in [0, 0.1) is 0 Å². The summed E-state index contributed by atoms with van der Waals surface area (Å²) in [4.78, 5) is 25.8. The van der Waals surface area contributed by atoms with Crippen LogP contribution in [0.15, 0.2) is 54.6 Å². The van der Waals surface area contributed by atoms with Crippen LogP contribution in [-0.2, 0) is 29.1 Å². The van der Waals surface area contributed by atoms with E-state index in [0.29, 0.717) is 19.5 Å². The van der Waals surface area contributed by atoms with Crippen molar-refractivity contribution in [1.29, 1.82) is 0 Å². The first-order valence-corrected chi connectivity index (χ1v) is 8.04. The average Bonchev–Trinajstić information content (AvgIpc) is 2.60. The molecule has 0 radical (unpaired) electrons. The van der Waals surface area contributed by atoms with Crippen LogP contribution in [0.3, 0.4) is 0 Å². The van der Waals surface area contributed by atoms with E-state index in [2.05, 4.69) is 40.0 Å². The smallest absolute Gasteiger partial charge is 0.256 e. The van der Waals surface area contributed by atoms with Gasteiger partial charge >= 0.3 is 0 Å². The Hall–Kier alpha value is -2.66. The maximum atomic E-state index is 12.5. The third kappa shape index (κ3) is 3.81. The molecular weight excluding hydrogens is 302 g/mol. The van der Waals surface area contributed by atoms with Crippen molar-refractivity contribution >= 4 is 11.8 Å². The molecule has 1 aliphatic rings. The molecule has 24 heavy (non-hydrogen) atoms. The topological polar surface area (TPSA) is 61.4 Å².